The van der Waals surface area contributed by atoms with Crippen molar-refractivity contribution >= 4 is 28.9 Å². The molecular formula is C26H31F2N5O2S. The summed E-state index contributed by atoms with van der Waals surface area (Å²) >= 11 is 5.76. The highest BCUT2D eigenvalue weighted by molar-refractivity contribution is 7.80. The third kappa shape index (κ3) is 6.57. The van der Waals surface area contributed by atoms with Gasteiger partial charge in [0.15, 0.2) is 5.11 Å². The number of halogens is 2. The summed E-state index contributed by atoms with van der Waals surface area (Å²) in [5, 5.41) is 8.11. The summed E-state index contributed by atoms with van der Waals surface area (Å²) in [6.45, 7) is 5.07. The van der Waals surface area contributed by atoms with E-state index in [2.05, 4.69) is 27.3 Å². The minimum atomic E-state index is -0.311. The molecule has 1 aliphatic heterocycles. The number of hydrogen-bond acceptors (Lipinski definition) is 6. The van der Waals surface area contributed by atoms with Crippen molar-refractivity contribution in [3.05, 3.63) is 65.7 Å². The van der Waals surface area contributed by atoms with Crippen molar-refractivity contribution in [1.29, 1.82) is 0 Å². The molecule has 1 fully saturated rings. The molecule has 1 aromatic heterocycles. The van der Waals surface area contributed by atoms with Crippen LogP contribution in [0.4, 0.5) is 20.4 Å². The molecule has 0 bridgehead atoms. The Morgan fingerprint density at radius 1 is 1.06 bits per heavy atom. The first-order valence-electron chi connectivity index (χ1n) is 11.9. The molecule has 0 radical (unpaired) electrons. The lowest BCUT2D eigenvalue weighted by molar-refractivity contribution is 0.185. The zero-order valence-electron chi connectivity index (χ0n) is 20.5. The number of nitrogens with zero attached hydrogens (tertiary/aromatic N) is 4. The van der Waals surface area contributed by atoms with E-state index in [1.54, 1.807) is 31.4 Å². The smallest absolute Gasteiger partial charge is 0.232 e. The monoisotopic (exact) mass is 515 g/mol. The average molecular weight is 516 g/mol. The molecule has 7 nitrogen and oxygen atoms in total. The number of anilines is 2. The van der Waals surface area contributed by atoms with Gasteiger partial charge in [-0.05, 0) is 74.2 Å². The highest BCUT2D eigenvalue weighted by Crippen LogP contribution is 2.33. The van der Waals surface area contributed by atoms with Crippen molar-refractivity contribution in [3.8, 4) is 11.3 Å². The maximum Gasteiger partial charge on any atom is 0.232 e. The lowest BCUT2D eigenvalue weighted by atomic mass is 10.1. The zero-order chi connectivity index (χ0) is 25.5. The number of benzene rings is 2. The SMILES string of the molecule is COCCCN(Cc1c(-c2ccc(F)cc2)noc1N1CCN(C)CC1)C(=S)Nc1ccc(F)cc1. The quantitative estimate of drug-likeness (QED) is 0.328. The first-order valence-corrected chi connectivity index (χ1v) is 12.3. The maximum absolute atomic E-state index is 13.6. The molecule has 1 N–H and O–H groups in total. The summed E-state index contributed by atoms with van der Waals surface area (Å²) in [6, 6.07) is 12.3. The van der Waals surface area contributed by atoms with Crippen LogP contribution in [0.25, 0.3) is 11.3 Å². The second-order valence-corrected chi connectivity index (χ2v) is 9.20. The largest absolute Gasteiger partial charge is 0.385 e. The van der Waals surface area contributed by atoms with Gasteiger partial charge in [0.25, 0.3) is 0 Å². The van der Waals surface area contributed by atoms with Crippen LogP contribution in [0.15, 0.2) is 53.1 Å². The van der Waals surface area contributed by atoms with Crippen LogP contribution in [0, 0.1) is 11.6 Å². The summed E-state index contributed by atoms with van der Waals surface area (Å²) in [6.07, 6.45) is 0.753. The molecule has 0 saturated carbocycles. The molecule has 36 heavy (non-hydrogen) atoms. The van der Waals surface area contributed by atoms with E-state index >= 15 is 0 Å². The molecule has 3 aromatic rings. The van der Waals surface area contributed by atoms with Gasteiger partial charge in [-0.2, -0.15) is 0 Å². The third-order valence-corrected chi connectivity index (χ3v) is 6.54. The number of rotatable bonds is 9. The van der Waals surface area contributed by atoms with Gasteiger partial charge in [0.2, 0.25) is 5.88 Å². The van der Waals surface area contributed by atoms with Gasteiger partial charge in [0.1, 0.15) is 17.3 Å². The molecule has 0 aliphatic carbocycles. The van der Waals surface area contributed by atoms with Crippen LogP contribution in [-0.2, 0) is 11.3 Å². The van der Waals surface area contributed by atoms with Gasteiger partial charge in [-0.25, -0.2) is 8.78 Å². The molecule has 10 heteroatoms. The van der Waals surface area contributed by atoms with Crippen LogP contribution in [0.3, 0.4) is 0 Å². The number of nitrogens with one attached hydrogen (secondary N) is 1. The Hall–Kier alpha value is -3.08. The normalized spacial score (nSPS) is 14.2. The van der Waals surface area contributed by atoms with Crippen LogP contribution in [-0.4, -0.2) is 73.6 Å². The summed E-state index contributed by atoms with van der Waals surface area (Å²) in [5.41, 5.74) is 3.00. The van der Waals surface area contributed by atoms with E-state index < -0.39 is 0 Å². The lowest BCUT2D eigenvalue weighted by Gasteiger charge is -2.33. The van der Waals surface area contributed by atoms with E-state index in [9.17, 15) is 8.78 Å². The first-order chi connectivity index (χ1) is 17.4. The number of hydrogen-bond donors (Lipinski definition) is 1. The fourth-order valence-electron chi connectivity index (χ4n) is 4.11. The Kier molecular flexibility index (Phi) is 8.84. The van der Waals surface area contributed by atoms with Gasteiger partial charge in [0, 0.05) is 57.7 Å². The highest BCUT2D eigenvalue weighted by Gasteiger charge is 2.27. The van der Waals surface area contributed by atoms with Gasteiger partial charge in [-0.15, -0.1) is 0 Å². The molecule has 2 heterocycles. The van der Waals surface area contributed by atoms with Crippen LogP contribution in [0.1, 0.15) is 12.0 Å². The van der Waals surface area contributed by atoms with Crippen molar-refractivity contribution in [3.63, 3.8) is 0 Å². The number of aromatic nitrogens is 1. The van der Waals surface area contributed by atoms with Crippen LogP contribution in [0.2, 0.25) is 0 Å². The minimum Gasteiger partial charge on any atom is -0.385 e. The number of methoxy groups -OCH3 is 1. The highest BCUT2D eigenvalue weighted by atomic mass is 32.1. The Bertz CT molecular complexity index is 1130. The Labute approximate surface area is 215 Å². The molecular weight excluding hydrogens is 484 g/mol. The molecule has 2 aromatic carbocycles. The molecule has 0 atom stereocenters. The molecule has 1 aliphatic rings. The number of thiocarbonyl (C=S) groups is 1. The van der Waals surface area contributed by atoms with Crippen molar-refractivity contribution in [2.45, 2.75) is 13.0 Å². The number of piperazine rings is 1. The summed E-state index contributed by atoms with van der Waals surface area (Å²) in [5.74, 6) is 0.0753. The Morgan fingerprint density at radius 2 is 1.69 bits per heavy atom. The fraction of sp³-hybridized carbons (Fsp3) is 0.385. The van der Waals surface area contributed by atoms with Crippen LogP contribution < -0.4 is 10.2 Å². The van der Waals surface area contributed by atoms with Crippen molar-refractivity contribution in [2.75, 3.05) is 63.7 Å². The van der Waals surface area contributed by atoms with Gasteiger partial charge in [-0.1, -0.05) is 5.16 Å². The van der Waals surface area contributed by atoms with E-state index in [0.29, 0.717) is 42.1 Å². The summed E-state index contributed by atoms with van der Waals surface area (Å²) < 4.78 is 38.2. The average Bonchev–Trinajstić information content (AvgIpc) is 3.29. The molecule has 0 spiro atoms. The summed E-state index contributed by atoms with van der Waals surface area (Å²) in [4.78, 5) is 6.49. The molecule has 0 unspecified atom stereocenters. The summed E-state index contributed by atoms with van der Waals surface area (Å²) in [7, 11) is 3.76. The van der Waals surface area contributed by atoms with Gasteiger partial charge >= 0.3 is 0 Å². The fourth-order valence-corrected chi connectivity index (χ4v) is 4.39. The molecule has 0 amide bonds. The molecule has 4 rings (SSSR count). The van der Waals surface area contributed by atoms with E-state index in [1.807, 2.05) is 4.90 Å². The van der Waals surface area contributed by atoms with E-state index in [4.69, 9.17) is 21.5 Å². The zero-order valence-corrected chi connectivity index (χ0v) is 21.4. The van der Waals surface area contributed by atoms with Crippen molar-refractivity contribution in [1.82, 2.24) is 15.0 Å². The molecule has 192 valence electrons. The topological polar surface area (TPSA) is 57.0 Å². The van der Waals surface area contributed by atoms with E-state index in [-0.39, 0.29) is 11.6 Å². The van der Waals surface area contributed by atoms with Crippen LogP contribution >= 0.6 is 12.2 Å². The maximum atomic E-state index is 13.6. The number of likely N-dealkylation sites (N-methyl/N-ethyl adjacent to an activating group) is 1. The van der Waals surface area contributed by atoms with E-state index in [0.717, 1.165) is 43.7 Å². The standard InChI is InChI=1S/C26H31F2N5O2S/c1-31-13-15-32(16-14-31)25-23(24(30-35-25)19-4-6-20(27)7-5-19)18-33(12-3-17-34-2)26(36)29-22-10-8-21(28)9-11-22/h4-11H,3,12-18H2,1-2H3,(H,29,36). The van der Waals surface area contributed by atoms with Gasteiger partial charge in [-0.3, -0.25) is 0 Å². The second-order valence-electron chi connectivity index (χ2n) is 8.82. The van der Waals surface area contributed by atoms with Gasteiger partial charge in [0.05, 0.1) is 12.1 Å². The lowest BCUT2D eigenvalue weighted by Crippen LogP contribution is -2.45. The predicted molar refractivity (Wildman–Crippen MR) is 141 cm³/mol. The third-order valence-electron chi connectivity index (χ3n) is 6.18. The van der Waals surface area contributed by atoms with Crippen LogP contribution in [0.5, 0.6) is 0 Å². The minimum absolute atomic E-state index is 0.311. The second kappa shape index (κ2) is 12.2. The Morgan fingerprint density at radius 3 is 2.33 bits per heavy atom. The Balaban J connectivity index is 1.65. The first kappa shape index (κ1) is 26.0. The van der Waals surface area contributed by atoms with E-state index in [1.165, 1.54) is 24.3 Å². The predicted octanol–water partition coefficient (Wildman–Crippen LogP) is 4.61. The van der Waals surface area contributed by atoms with Crippen molar-refractivity contribution < 1.29 is 18.0 Å². The number of ether oxygens (including phenoxy) is 1. The molecule has 1 saturated heterocycles. The van der Waals surface area contributed by atoms with Crippen molar-refractivity contribution in [2.24, 2.45) is 0 Å². The van der Waals surface area contributed by atoms with Gasteiger partial charge < -0.3 is 29.3 Å².